The number of fused-ring (bicyclic) bond motifs is 4. The maximum atomic E-state index is 11.2. The smallest absolute Gasteiger partial charge is 0.231 e. The van der Waals surface area contributed by atoms with E-state index in [1.807, 2.05) is 18.2 Å². The largest absolute Gasteiger partial charge is 0.497 e. The number of nitrogens with zero attached hydrogens (tertiary/aromatic N) is 1. The summed E-state index contributed by atoms with van der Waals surface area (Å²) in [7, 11) is 1.68. The predicted molar refractivity (Wildman–Crippen MR) is 103 cm³/mol. The first-order chi connectivity index (χ1) is 13.1. The van der Waals surface area contributed by atoms with Gasteiger partial charge in [-0.15, -0.1) is 0 Å². The van der Waals surface area contributed by atoms with Gasteiger partial charge in [0.05, 0.1) is 7.11 Å². The van der Waals surface area contributed by atoms with Crippen molar-refractivity contribution in [1.82, 2.24) is 0 Å². The number of ether oxygens (including phenoxy) is 3. The van der Waals surface area contributed by atoms with E-state index in [0.717, 1.165) is 63.7 Å². The maximum absolute atomic E-state index is 11.2. The Bertz CT molecular complexity index is 1050. The van der Waals surface area contributed by atoms with Crippen molar-refractivity contribution in [2.24, 2.45) is 0 Å². The summed E-state index contributed by atoms with van der Waals surface area (Å²) < 4.78 is 16.7. The first kappa shape index (κ1) is 16.7. The SMILES string of the molecule is COc1ccc2c(C[N+]3(O)CCC[C@H]3C)cc3cc4c(cc3c2c1)OCO4. The number of benzene rings is 3. The van der Waals surface area contributed by atoms with Gasteiger partial charge in [0.2, 0.25) is 6.79 Å². The van der Waals surface area contributed by atoms with Crippen LogP contribution in [0, 0.1) is 0 Å². The number of hydrogen-bond donors (Lipinski definition) is 1. The predicted octanol–water partition coefficient (Wildman–Crippen LogP) is 4.62. The monoisotopic (exact) mass is 366 g/mol. The molecule has 5 nitrogen and oxygen atoms in total. The van der Waals surface area contributed by atoms with Gasteiger partial charge in [-0.2, -0.15) is 4.65 Å². The molecule has 3 aromatic carbocycles. The van der Waals surface area contributed by atoms with Crippen LogP contribution in [-0.4, -0.2) is 36.3 Å². The van der Waals surface area contributed by atoms with Crippen molar-refractivity contribution in [3.8, 4) is 17.2 Å². The lowest BCUT2D eigenvalue weighted by molar-refractivity contribution is -1.12. The Morgan fingerprint density at radius 2 is 1.89 bits per heavy atom. The first-order valence-corrected chi connectivity index (χ1v) is 9.50. The Labute approximate surface area is 158 Å². The molecule has 0 amide bonds. The van der Waals surface area contributed by atoms with Crippen LogP contribution < -0.4 is 14.2 Å². The lowest BCUT2D eigenvalue weighted by atomic mass is 9.96. The fourth-order valence-electron chi connectivity index (χ4n) is 4.51. The quantitative estimate of drug-likeness (QED) is 0.543. The highest BCUT2D eigenvalue weighted by molar-refractivity contribution is 6.10. The molecule has 5 heteroatoms. The standard InChI is InChI=1S/C22H24NO4/c1-14-4-3-7-23(14,24)12-16-8-15-9-21-22(27-13-26-21)11-19(15)20-10-17(25-2)5-6-18(16)20/h5-6,8-11,14,24H,3-4,7,12-13H2,1-2H3/q+1/t14-,23?/m1/s1. The van der Waals surface area contributed by atoms with Crippen molar-refractivity contribution < 1.29 is 24.1 Å². The summed E-state index contributed by atoms with van der Waals surface area (Å²) in [6.45, 7) is 3.80. The summed E-state index contributed by atoms with van der Waals surface area (Å²) >= 11 is 0. The molecule has 0 bridgehead atoms. The van der Waals surface area contributed by atoms with Gasteiger partial charge in [-0.05, 0) is 58.8 Å². The molecule has 2 heterocycles. The van der Waals surface area contributed by atoms with Crippen LogP contribution in [0.3, 0.4) is 0 Å². The molecular formula is C22H24NO4+. The average Bonchev–Trinajstić information content (AvgIpc) is 3.26. The third-order valence-corrected chi connectivity index (χ3v) is 6.17. The van der Waals surface area contributed by atoms with E-state index in [9.17, 15) is 5.21 Å². The van der Waals surface area contributed by atoms with Gasteiger partial charge in [-0.1, -0.05) is 6.07 Å². The summed E-state index contributed by atoms with van der Waals surface area (Å²) in [5, 5.41) is 15.6. The minimum absolute atomic E-state index is 0.108. The summed E-state index contributed by atoms with van der Waals surface area (Å²) in [5.41, 5.74) is 1.15. The van der Waals surface area contributed by atoms with Crippen LogP contribution in [0.4, 0.5) is 0 Å². The van der Waals surface area contributed by atoms with Gasteiger partial charge in [0.25, 0.3) is 0 Å². The molecule has 140 valence electrons. The Hall–Kier alpha value is -2.50. The van der Waals surface area contributed by atoms with Crippen molar-refractivity contribution in [2.75, 3.05) is 20.4 Å². The summed E-state index contributed by atoms with van der Waals surface area (Å²) in [5.74, 6) is 2.37. The molecular weight excluding hydrogens is 342 g/mol. The molecule has 0 saturated carbocycles. The molecule has 3 aromatic rings. The van der Waals surface area contributed by atoms with Gasteiger partial charge >= 0.3 is 0 Å². The molecule has 0 spiro atoms. The number of likely N-dealkylation sites (tertiary alicyclic amines) is 1. The highest BCUT2D eigenvalue weighted by Crippen LogP contribution is 2.41. The Kier molecular flexibility index (Phi) is 3.71. The molecule has 5 rings (SSSR count). The van der Waals surface area contributed by atoms with Crippen LogP contribution in [0.15, 0.2) is 36.4 Å². The summed E-state index contributed by atoms with van der Waals surface area (Å²) in [6, 6.07) is 12.7. The van der Waals surface area contributed by atoms with Crippen molar-refractivity contribution in [3.63, 3.8) is 0 Å². The van der Waals surface area contributed by atoms with Gasteiger partial charge in [-0.3, -0.25) is 0 Å². The van der Waals surface area contributed by atoms with Crippen LogP contribution in [-0.2, 0) is 6.54 Å². The number of quaternary nitrogens is 1. The number of rotatable bonds is 3. The Balaban J connectivity index is 1.75. The third-order valence-electron chi connectivity index (χ3n) is 6.17. The van der Waals surface area contributed by atoms with Gasteiger partial charge in [0.15, 0.2) is 11.5 Å². The average molecular weight is 366 g/mol. The van der Waals surface area contributed by atoms with Gasteiger partial charge in [0, 0.05) is 18.4 Å². The zero-order valence-corrected chi connectivity index (χ0v) is 15.7. The minimum Gasteiger partial charge on any atom is -0.497 e. The zero-order chi connectivity index (χ0) is 18.6. The molecule has 1 saturated heterocycles. The molecule has 1 unspecified atom stereocenters. The van der Waals surface area contributed by atoms with E-state index < -0.39 is 0 Å². The van der Waals surface area contributed by atoms with Crippen molar-refractivity contribution in [3.05, 3.63) is 42.0 Å². The van der Waals surface area contributed by atoms with E-state index in [0.29, 0.717) is 6.54 Å². The Morgan fingerprint density at radius 3 is 2.63 bits per heavy atom. The maximum Gasteiger partial charge on any atom is 0.231 e. The molecule has 1 fully saturated rings. The lowest BCUT2D eigenvalue weighted by Gasteiger charge is -2.30. The normalized spacial score (nSPS) is 24.0. The number of hydrogen-bond acceptors (Lipinski definition) is 4. The second kappa shape index (κ2) is 6.01. The van der Waals surface area contributed by atoms with Crippen LogP contribution in [0.1, 0.15) is 25.3 Å². The van der Waals surface area contributed by atoms with E-state index in [2.05, 4.69) is 25.1 Å². The first-order valence-electron chi connectivity index (χ1n) is 9.50. The summed E-state index contributed by atoms with van der Waals surface area (Å²) in [6.07, 6.45) is 2.13. The van der Waals surface area contributed by atoms with Crippen LogP contribution >= 0.6 is 0 Å². The minimum atomic E-state index is 0.108. The molecule has 2 atom stereocenters. The number of methoxy groups -OCH3 is 1. The van der Waals surface area contributed by atoms with E-state index >= 15 is 0 Å². The van der Waals surface area contributed by atoms with Crippen molar-refractivity contribution >= 4 is 21.5 Å². The zero-order valence-electron chi connectivity index (χ0n) is 15.7. The lowest BCUT2D eigenvalue weighted by Crippen LogP contribution is -2.46. The van der Waals surface area contributed by atoms with E-state index in [4.69, 9.17) is 14.2 Å². The molecule has 27 heavy (non-hydrogen) atoms. The molecule has 0 aliphatic carbocycles. The number of hydroxylamine groups is 3. The molecule has 2 aliphatic rings. The van der Waals surface area contributed by atoms with E-state index in [1.165, 1.54) is 0 Å². The second-order valence-corrected chi connectivity index (χ2v) is 7.73. The summed E-state index contributed by atoms with van der Waals surface area (Å²) in [4.78, 5) is 0. The van der Waals surface area contributed by atoms with E-state index in [-0.39, 0.29) is 17.5 Å². The highest BCUT2D eigenvalue weighted by atomic mass is 16.7. The van der Waals surface area contributed by atoms with Gasteiger partial charge in [-0.25, -0.2) is 5.21 Å². The van der Waals surface area contributed by atoms with Crippen LogP contribution in [0.25, 0.3) is 21.5 Å². The van der Waals surface area contributed by atoms with Gasteiger partial charge in [0.1, 0.15) is 24.9 Å². The van der Waals surface area contributed by atoms with Crippen LogP contribution in [0.5, 0.6) is 17.2 Å². The topological polar surface area (TPSA) is 47.9 Å². The highest BCUT2D eigenvalue weighted by Gasteiger charge is 2.38. The third kappa shape index (κ3) is 2.61. The fourth-order valence-corrected chi connectivity index (χ4v) is 4.51. The van der Waals surface area contributed by atoms with Crippen molar-refractivity contribution in [1.29, 1.82) is 0 Å². The fraction of sp³-hybridized carbons (Fsp3) is 0.364. The van der Waals surface area contributed by atoms with Crippen molar-refractivity contribution in [2.45, 2.75) is 32.4 Å². The molecule has 0 aromatic heterocycles. The van der Waals surface area contributed by atoms with Crippen LogP contribution in [0.2, 0.25) is 0 Å². The molecule has 0 radical (unpaired) electrons. The van der Waals surface area contributed by atoms with E-state index in [1.54, 1.807) is 7.11 Å². The molecule has 2 aliphatic heterocycles. The Morgan fingerprint density at radius 1 is 1.07 bits per heavy atom. The second-order valence-electron chi connectivity index (χ2n) is 7.73. The van der Waals surface area contributed by atoms with Gasteiger partial charge < -0.3 is 14.2 Å². The molecule has 1 N–H and O–H groups in total.